The maximum atomic E-state index is 11.6. The molecule has 1 rings (SSSR count). The van der Waals surface area contributed by atoms with Crippen LogP contribution in [-0.4, -0.2) is 73.2 Å². The van der Waals surface area contributed by atoms with Gasteiger partial charge >= 0.3 is 6.09 Å². The number of hydrogen-bond acceptors (Lipinski definition) is 5. The Labute approximate surface area is 139 Å². The zero-order valence-electron chi connectivity index (χ0n) is 14.8. The zero-order valence-corrected chi connectivity index (χ0v) is 14.8. The number of alkyl carbamates (subject to hydrolysis) is 1. The smallest absolute Gasteiger partial charge is 0.407 e. The van der Waals surface area contributed by atoms with Crippen molar-refractivity contribution >= 4 is 12.0 Å². The van der Waals surface area contributed by atoms with Crippen molar-refractivity contribution in [2.24, 2.45) is 5.73 Å². The van der Waals surface area contributed by atoms with Crippen LogP contribution in [0.5, 0.6) is 0 Å². The first kappa shape index (κ1) is 19.7. The molecule has 0 radical (unpaired) electrons. The summed E-state index contributed by atoms with van der Waals surface area (Å²) < 4.78 is 5.21. The molecule has 1 aliphatic rings. The van der Waals surface area contributed by atoms with Gasteiger partial charge in [0.25, 0.3) is 0 Å². The fourth-order valence-electron chi connectivity index (χ4n) is 2.50. The summed E-state index contributed by atoms with van der Waals surface area (Å²) in [5, 5.41) is 2.79. The normalized spacial score (nSPS) is 17.0. The van der Waals surface area contributed by atoms with Crippen molar-refractivity contribution in [2.75, 3.05) is 45.8 Å². The molecule has 0 aromatic rings. The Balaban J connectivity index is 2.05. The third-order valence-electron chi connectivity index (χ3n) is 3.71. The van der Waals surface area contributed by atoms with Crippen LogP contribution in [0.1, 0.15) is 40.0 Å². The van der Waals surface area contributed by atoms with Crippen molar-refractivity contribution in [1.82, 2.24) is 15.1 Å². The van der Waals surface area contributed by atoms with E-state index >= 15 is 0 Å². The van der Waals surface area contributed by atoms with Crippen molar-refractivity contribution in [3.8, 4) is 0 Å². The van der Waals surface area contributed by atoms with Crippen LogP contribution in [0.15, 0.2) is 0 Å². The maximum Gasteiger partial charge on any atom is 0.407 e. The monoisotopic (exact) mass is 328 g/mol. The lowest BCUT2D eigenvalue weighted by molar-refractivity contribution is -0.118. The van der Waals surface area contributed by atoms with Crippen LogP contribution in [0.3, 0.4) is 0 Å². The number of rotatable bonds is 8. The van der Waals surface area contributed by atoms with E-state index in [1.807, 2.05) is 20.8 Å². The number of carbonyl (C=O) groups is 2. The lowest BCUT2D eigenvalue weighted by atomic mass is 10.2. The number of nitrogens with zero attached hydrogens (tertiary/aromatic N) is 2. The Kier molecular flexibility index (Phi) is 8.33. The number of hydrogen-bond donors (Lipinski definition) is 2. The predicted octanol–water partition coefficient (Wildman–Crippen LogP) is 0.784. The third-order valence-corrected chi connectivity index (χ3v) is 3.71. The molecule has 3 N–H and O–H groups in total. The van der Waals surface area contributed by atoms with Crippen molar-refractivity contribution in [1.29, 1.82) is 0 Å². The van der Waals surface area contributed by atoms with Crippen LogP contribution < -0.4 is 11.1 Å². The van der Waals surface area contributed by atoms with Crippen LogP contribution in [-0.2, 0) is 9.53 Å². The van der Waals surface area contributed by atoms with Crippen molar-refractivity contribution in [3.05, 3.63) is 0 Å². The highest BCUT2D eigenvalue weighted by atomic mass is 16.6. The van der Waals surface area contributed by atoms with Gasteiger partial charge in [-0.1, -0.05) is 0 Å². The molecule has 0 spiro atoms. The van der Waals surface area contributed by atoms with Gasteiger partial charge in [-0.3, -0.25) is 9.69 Å². The number of nitrogens with two attached hydrogens (primary N) is 1. The molecule has 0 aromatic heterocycles. The van der Waals surface area contributed by atoms with Gasteiger partial charge in [0.05, 0.1) is 0 Å². The SMILES string of the molecule is CC(C)(C)OC(=O)NCCN1CCN(CCCCC(N)=O)CC1. The molecule has 0 aromatic carbocycles. The first-order valence-electron chi connectivity index (χ1n) is 8.46. The average Bonchev–Trinajstić information content (AvgIpc) is 2.43. The number of nitrogens with one attached hydrogen (secondary N) is 1. The predicted molar refractivity (Wildman–Crippen MR) is 90.2 cm³/mol. The van der Waals surface area contributed by atoms with Gasteiger partial charge in [0.1, 0.15) is 5.60 Å². The Morgan fingerprint density at radius 3 is 2.13 bits per heavy atom. The highest BCUT2D eigenvalue weighted by Crippen LogP contribution is 2.07. The number of piperazine rings is 1. The molecule has 0 aliphatic carbocycles. The molecular formula is C16H32N4O3. The fraction of sp³-hybridized carbons (Fsp3) is 0.875. The van der Waals surface area contributed by atoms with Crippen LogP contribution in [0.2, 0.25) is 0 Å². The topological polar surface area (TPSA) is 87.9 Å². The summed E-state index contributed by atoms with van der Waals surface area (Å²) in [6, 6.07) is 0. The molecule has 1 heterocycles. The molecule has 1 aliphatic heterocycles. The van der Waals surface area contributed by atoms with Crippen molar-refractivity contribution < 1.29 is 14.3 Å². The molecule has 134 valence electrons. The Bertz CT molecular complexity index is 374. The van der Waals surface area contributed by atoms with Crippen LogP contribution >= 0.6 is 0 Å². The Hall–Kier alpha value is -1.34. The molecule has 1 saturated heterocycles. The van der Waals surface area contributed by atoms with Gasteiger partial charge in [0.2, 0.25) is 5.91 Å². The highest BCUT2D eigenvalue weighted by molar-refractivity contribution is 5.73. The van der Waals surface area contributed by atoms with Gasteiger partial charge in [-0.05, 0) is 40.2 Å². The largest absolute Gasteiger partial charge is 0.444 e. The fourth-order valence-corrected chi connectivity index (χ4v) is 2.50. The van der Waals surface area contributed by atoms with E-state index in [1.54, 1.807) is 0 Å². The molecule has 0 atom stereocenters. The van der Waals surface area contributed by atoms with Crippen LogP contribution in [0.25, 0.3) is 0 Å². The second-order valence-corrected chi connectivity index (χ2v) is 7.04. The average molecular weight is 328 g/mol. The number of unbranched alkanes of at least 4 members (excludes halogenated alkanes) is 1. The second-order valence-electron chi connectivity index (χ2n) is 7.04. The number of carbonyl (C=O) groups excluding carboxylic acids is 2. The van der Waals surface area contributed by atoms with Crippen molar-refractivity contribution in [3.63, 3.8) is 0 Å². The quantitative estimate of drug-likeness (QED) is 0.643. The van der Waals surface area contributed by atoms with E-state index in [0.29, 0.717) is 13.0 Å². The lowest BCUT2D eigenvalue weighted by Crippen LogP contribution is -2.48. The second kappa shape index (κ2) is 9.72. The summed E-state index contributed by atoms with van der Waals surface area (Å²) in [6.07, 6.45) is 2.01. The first-order chi connectivity index (χ1) is 10.8. The first-order valence-corrected chi connectivity index (χ1v) is 8.46. The molecule has 0 saturated carbocycles. The summed E-state index contributed by atoms with van der Waals surface area (Å²) in [5.74, 6) is -0.215. The van der Waals surface area contributed by atoms with Crippen molar-refractivity contribution in [2.45, 2.75) is 45.6 Å². The minimum absolute atomic E-state index is 0.215. The van der Waals surface area contributed by atoms with Crippen LogP contribution in [0, 0.1) is 0 Å². The summed E-state index contributed by atoms with van der Waals surface area (Å²) >= 11 is 0. The minimum atomic E-state index is -0.454. The summed E-state index contributed by atoms with van der Waals surface area (Å²) in [5.41, 5.74) is 4.68. The van der Waals surface area contributed by atoms with Crippen LogP contribution in [0.4, 0.5) is 4.79 Å². The molecule has 1 fully saturated rings. The van der Waals surface area contributed by atoms with E-state index in [2.05, 4.69) is 15.1 Å². The molecule has 2 amide bonds. The molecule has 7 heteroatoms. The standard InChI is InChI=1S/C16H32N4O3/c1-16(2,3)23-15(22)18-7-9-20-12-10-19(11-13-20)8-5-4-6-14(17)21/h4-13H2,1-3H3,(H2,17,21)(H,18,22). The summed E-state index contributed by atoms with van der Waals surface area (Å²) in [7, 11) is 0. The van der Waals surface area contributed by atoms with E-state index in [0.717, 1.165) is 52.1 Å². The lowest BCUT2D eigenvalue weighted by Gasteiger charge is -2.34. The maximum absolute atomic E-state index is 11.6. The van der Waals surface area contributed by atoms with E-state index in [1.165, 1.54) is 0 Å². The number of primary amides is 1. The number of amides is 2. The van der Waals surface area contributed by atoms with Gasteiger partial charge in [-0.15, -0.1) is 0 Å². The minimum Gasteiger partial charge on any atom is -0.444 e. The van der Waals surface area contributed by atoms with Gasteiger partial charge in [-0.2, -0.15) is 0 Å². The summed E-state index contributed by atoms with van der Waals surface area (Å²) in [4.78, 5) is 27.0. The highest BCUT2D eigenvalue weighted by Gasteiger charge is 2.18. The molecule has 0 bridgehead atoms. The zero-order chi connectivity index (χ0) is 17.3. The molecule has 0 unspecified atom stereocenters. The molecule has 23 heavy (non-hydrogen) atoms. The Morgan fingerprint density at radius 1 is 1.04 bits per heavy atom. The molecular weight excluding hydrogens is 296 g/mol. The van der Waals surface area contributed by atoms with E-state index in [9.17, 15) is 9.59 Å². The van der Waals surface area contributed by atoms with E-state index in [-0.39, 0.29) is 12.0 Å². The van der Waals surface area contributed by atoms with Gasteiger partial charge in [-0.25, -0.2) is 4.79 Å². The van der Waals surface area contributed by atoms with E-state index in [4.69, 9.17) is 10.5 Å². The molecule has 7 nitrogen and oxygen atoms in total. The number of ether oxygens (including phenoxy) is 1. The Morgan fingerprint density at radius 2 is 1.61 bits per heavy atom. The van der Waals surface area contributed by atoms with E-state index < -0.39 is 5.60 Å². The third kappa shape index (κ3) is 10.1. The van der Waals surface area contributed by atoms with Gasteiger partial charge in [0.15, 0.2) is 0 Å². The van der Waals surface area contributed by atoms with Gasteiger partial charge < -0.3 is 20.7 Å². The van der Waals surface area contributed by atoms with Gasteiger partial charge in [0, 0.05) is 45.7 Å². The summed E-state index contributed by atoms with van der Waals surface area (Å²) in [6.45, 7) is 12.1.